The number of fused-ring (bicyclic) bond motifs is 1. The van der Waals surface area contributed by atoms with Gasteiger partial charge in [-0.2, -0.15) is 0 Å². The summed E-state index contributed by atoms with van der Waals surface area (Å²) in [5.41, 5.74) is 1.72. The van der Waals surface area contributed by atoms with Crippen LogP contribution in [0.1, 0.15) is 0 Å². The van der Waals surface area contributed by atoms with Crippen LogP contribution in [0.3, 0.4) is 0 Å². The van der Waals surface area contributed by atoms with Crippen LogP contribution in [0, 0.1) is 10.1 Å². The van der Waals surface area contributed by atoms with Crippen molar-refractivity contribution in [1.82, 2.24) is 4.98 Å². The van der Waals surface area contributed by atoms with E-state index in [2.05, 4.69) is 9.88 Å². The van der Waals surface area contributed by atoms with Crippen molar-refractivity contribution in [3.8, 4) is 0 Å². The van der Waals surface area contributed by atoms with Gasteiger partial charge in [-0.3, -0.25) is 15.1 Å². The molecule has 22 heavy (non-hydrogen) atoms. The first-order valence-electron chi connectivity index (χ1n) is 7.42. The van der Waals surface area contributed by atoms with Gasteiger partial charge in [0.1, 0.15) is 12.1 Å². The van der Waals surface area contributed by atoms with E-state index in [9.17, 15) is 10.1 Å². The third-order valence-electron chi connectivity index (χ3n) is 4.20. The number of benzene rings is 1. The Hall–Kier alpha value is -2.25. The summed E-state index contributed by atoms with van der Waals surface area (Å²) in [7, 11) is 0. The lowest BCUT2D eigenvalue weighted by molar-refractivity contribution is -0.900. The Morgan fingerprint density at radius 2 is 2.09 bits per heavy atom. The molecule has 1 aliphatic rings. The number of nitrogens with zero attached hydrogens (tertiary/aromatic N) is 3. The molecule has 1 aromatic carbocycles. The van der Waals surface area contributed by atoms with Gasteiger partial charge in [0.15, 0.2) is 0 Å². The van der Waals surface area contributed by atoms with E-state index >= 15 is 0 Å². The van der Waals surface area contributed by atoms with Gasteiger partial charge in [-0.05, 0) is 18.2 Å². The molecule has 1 saturated heterocycles. The molecule has 3 rings (SSSR count). The quantitative estimate of drug-likeness (QED) is 0.606. The molecule has 0 atom stereocenters. The van der Waals surface area contributed by atoms with Crippen LogP contribution in [0.25, 0.3) is 10.9 Å². The highest BCUT2D eigenvalue weighted by molar-refractivity contribution is 5.97. The zero-order chi connectivity index (χ0) is 15.5. The van der Waals surface area contributed by atoms with Crippen molar-refractivity contribution in [2.45, 2.75) is 0 Å². The molecule has 1 aromatic heterocycles. The van der Waals surface area contributed by atoms with Gasteiger partial charge in [-0.25, -0.2) is 0 Å². The molecule has 2 aromatic rings. The van der Waals surface area contributed by atoms with Gasteiger partial charge in [-0.1, -0.05) is 0 Å². The second-order valence-corrected chi connectivity index (χ2v) is 5.47. The van der Waals surface area contributed by atoms with Crippen molar-refractivity contribution < 1.29 is 14.9 Å². The fourth-order valence-corrected chi connectivity index (χ4v) is 3.03. The molecular weight excluding hydrogens is 284 g/mol. The van der Waals surface area contributed by atoms with Gasteiger partial charge in [0, 0.05) is 12.3 Å². The van der Waals surface area contributed by atoms with Crippen molar-refractivity contribution in [3.05, 3.63) is 40.6 Å². The SMILES string of the molecule is O=[N+]([O-])c1ccc(N2CC[NH+](CCO)CC2)c2ncccc12. The summed E-state index contributed by atoms with van der Waals surface area (Å²) in [6, 6.07) is 6.83. The Labute approximate surface area is 127 Å². The van der Waals surface area contributed by atoms with Gasteiger partial charge in [0.2, 0.25) is 0 Å². The summed E-state index contributed by atoms with van der Waals surface area (Å²) >= 11 is 0. The van der Waals surface area contributed by atoms with Gasteiger partial charge < -0.3 is 14.9 Å². The molecule has 7 heteroatoms. The van der Waals surface area contributed by atoms with E-state index in [-0.39, 0.29) is 17.2 Å². The number of nitrogens with one attached hydrogen (secondary N) is 1. The molecule has 2 N–H and O–H groups in total. The number of aliphatic hydroxyl groups is 1. The highest BCUT2D eigenvalue weighted by Gasteiger charge is 2.23. The maximum Gasteiger partial charge on any atom is 0.278 e. The first-order chi connectivity index (χ1) is 10.7. The lowest BCUT2D eigenvalue weighted by atomic mass is 10.1. The van der Waals surface area contributed by atoms with Crippen LogP contribution >= 0.6 is 0 Å². The third kappa shape index (κ3) is 2.72. The van der Waals surface area contributed by atoms with E-state index in [0.29, 0.717) is 10.9 Å². The number of non-ortho nitro benzene ring substituents is 1. The monoisotopic (exact) mass is 303 g/mol. The van der Waals surface area contributed by atoms with Crippen LogP contribution in [0.2, 0.25) is 0 Å². The van der Waals surface area contributed by atoms with Gasteiger partial charge >= 0.3 is 0 Å². The lowest BCUT2D eigenvalue weighted by Gasteiger charge is -2.33. The molecule has 116 valence electrons. The lowest BCUT2D eigenvalue weighted by Crippen LogP contribution is -3.15. The third-order valence-corrected chi connectivity index (χ3v) is 4.20. The predicted molar refractivity (Wildman–Crippen MR) is 83.3 cm³/mol. The number of rotatable bonds is 4. The number of anilines is 1. The average molecular weight is 303 g/mol. The van der Waals surface area contributed by atoms with Crippen LogP contribution in [0.15, 0.2) is 30.5 Å². The Balaban J connectivity index is 1.92. The zero-order valence-electron chi connectivity index (χ0n) is 12.2. The Morgan fingerprint density at radius 3 is 2.77 bits per heavy atom. The van der Waals surface area contributed by atoms with Crippen molar-refractivity contribution in [2.75, 3.05) is 44.2 Å². The summed E-state index contributed by atoms with van der Waals surface area (Å²) in [5.74, 6) is 0. The van der Waals surface area contributed by atoms with Crippen LogP contribution in [-0.4, -0.2) is 54.3 Å². The summed E-state index contributed by atoms with van der Waals surface area (Å²) in [5, 5.41) is 20.8. The van der Waals surface area contributed by atoms with Crippen molar-refractivity contribution >= 4 is 22.3 Å². The number of quaternary nitrogens is 1. The molecule has 0 aliphatic carbocycles. The molecule has 0 saturated carbocycles. The molecule has 7 nitrogen and oxygen atoms in total. The summed E-state index contributed by atoms with van der Waals surface area (Å²) in [6.45, 7) is 4.60. The summed E-state index contributed by atoms with van der Waals surface area (Å²) in [4.78, 5) is 18.8. The van der Waals surface area contributed by atoms with Crippen LogP contribution in [-0.2, 0) is 0 Å². The average Bonchev–Trinajstić information content (AvgIpc) is 2.55. The predicted octanol–water partition coefficient (Wildman–Crippen LogP) is -0.160. The number of nitro groups is 1. The van der Waals surface area contributed by atoms with E-state index in [1.165, 1.54) is 4.90 Å². The van der Waals surface area contributed by atoms with Gasteiger partial charge in [0.25, 0.3) is 5.69 Å². The molecule has 2 heterocycles. The highest BCUT2D eigenvalue weighted by atomic mass is 16.6. The standard InChI is InChI=1S/C15H18N4O3/c20-11-10-17-6-8-18(9-7-17)14-4-3-13(19(21)22)12-2-1-5-16-15(12)14/h1-5,20H,6-11H2/p+1. The van der Waals surface area contributed by atoms with E-state index in [1.54, 1.807) is 30.5 Å². The second kappa shape index (κ2) is 6.25. The zero-order valence-corrected chi connectivity index (χ0v) is 12.2. The van der Waals surface area contributed by atoms with Crippen molar-refractivity contribution in [2.24, 2.45) is 0 Å². The molecule has 1 fully saturated rings. The minimum absolute atomic E-state index is 0.0939. The maximum absolute atomic E-state index is 11.2. The minimum atomic E-state index is -0.364. The van der Waals surface area contributed by atoms with Gasteiger partial charge in [0.05, 0.1) is 48.8 Å². The summed E-state index contributed by atoms with van der Waals surface area (Å²) < 4.78 is 0. The van der Waals surface area contributed by atoms with Crippen LogP contribution < -0.4 is 9.80 Å². The number of hydrogen-bond acceptors (Lipinski definition) is 5. The fraction of sp³-hybridized carbons (Fsp3) is 0.400. The number of pyridine rings is 1. The van der Waals surface area contributed by atoms with Crippen LogP contribution in [0.4, 0.5) is 11.4 Å². The molecule has 1 aliphatic heterocycles. The van der Waals surface area contributed by atoms with Crippen molar-refractivity contribution in [1.29, 1.82) is 0 Å². The van der Waals surface area contributed by atoms with E-state index in [1.807, 2.05) is 0 Å². The van der Waals surface area contributed by atoms with Crippen molar-refractivity contribution in [3.63, 3.8) is 0 Å². The molecule has 0 unspecified atom stereocenters. The minimum Gasteiger partial charge on any atom is -0.391 e. The number of hydrogen-bond donors (Lipinski definition) is 2. The smallest absolute Gasteiger partial charge is 0.278 e. The van der Waals surface area contributed by atoms with E-state index < -0.39 is 0 Å². The second-order valence-electron chi connectivity index (χ2n) is 5.47. The number of nitro benzene ring substituents is 1. The fourth-order valence-electron chi connectivity index (χ4n) is 3.03. The highest BCUT2D eigenvalue weighted by Crippen LogP contribution is 2.31. The maximum atomic E-state index is 11.2. The Morgan fingerprint density at radius 1 is 1.32 bits per heavy atom. The molecule has 0 spiro atoms. The molecule has 0 amide bonds. The molecular formula is C15H19N4O3+. The normalized spacial score (nSPS) is 16.1. The van der Waals surface area contributed by atoms with Gasteiger partial charge in [-0.15, -0.1) is 0 Å². The Kier molecular flexibility index (Phi) is 4.17. The first kappa shape index (κ1) is 14.7. The first-order valence-corrected chi connectivity index (χ1v) is 7.42. The topological polar surface area (TPSA) is 83.9 Å². The summed E-state index contributed by atoms with van der Waals surface area (Å²) in [6.07, 6.45) is 1.67. The van der Waals surface area contributed by atoms with E-state index in [4.69, 9.17) is 5.11 Å². The van der Waals surface area contributed by atoms with E-state index in [0.717, 1.165) is 38.4 Å². The largest absolute Gasteiger partial charge is 0.391 e. The van der Waals surface area contributed by atoms with Crippen LogP contribution in [0.5, 0.6) is 0 Å². The number of piperazine rings is 1. The number of aromatic nitrogens is 1. The Bertz CT molecular complexity index is 684. The molecule has 0 radical (unpaired) electrons. The molecule has 0 bridgehead atoms. The number of aliphatic hydroxyl groups excluding tert-OH is 1.